The lowest BCUT2D eigenvalue weighted by atomic mass is 9.92. The fourth-order valence-electron chi connectivity index (χ4n) is 2.46. The van der Waals surface area contributed by atoms with E-state index in [1.54, 1.807) is 6.33 Å². The number of rotatable bonds is 2. The number of halogens is 4. The number of aromatic nitrogens is 4. The summed E-state index contributed by atoms with van der Waals surface area (Å²) in [5, 5.41) is 10.7. The minimum absolute atomic E-state index is 0.206. The molecule has 2 aromatic heterocycles. The Morgan fingerprint density at radius 2 is 2.08 bits per heavy atom. The number of aliphatic carboxylic acids is 1. The van der Waals surface area contributed by atoms with Gasteiger partial charge in [0.25, 0.3) is 0 Å². The van der Waals surface area contributed by atoms with Crippen molar-refractivity contribution in [1.82, 2.24) is 19.9 Å². The third-order valence-corrected chi connectivity index (χ3v) is 3.73. The van der Waals surface area contributed by atoms with Crippen LogP contribution in [0.25, 0.3) is 11.2 Å². The topological polar surface area (TPSA) is 130 Å². The summed E-state index contributed by atoms with van der Waals surface area (Å²) in [4.78, 5) is 24.3. The number of anilines is 1. The van der Waals surface area contributed by atoms with E-state index in [1.807, 2.05) is 0 Å². The zero-order valence-corrected chi connectivity index (χ0v) is 13.6. The van der Waals surface area contributed by atoms with Crippen LogP contribution in [-0.2, 0) is 4.79 Å². The number of carboxylic acids is 1. The maximum atomic E-state index is 10.6. The molecule has 2 aromatic rings. The van der Waals surface area contributed by atoms with Crippen molar-refractivity contribution in [2.24, 2.45) is 5.73 Å². The standard InChI is InChI=1S/C11H15ClN6.C2HF3O2/c12-11-17-9-8(14-5-15-9)10(18-11)16-7-3-1-2-6(13)4-7;3-2(4,5)1(6)7/h5-7H,1-4,13H2,(H2,14,15,16,17,18);(H,6,7). The van der Waals surface area contributed by atoms with E-state index in [-0.39, 0.29) is 11.3 Å². The normalized spacial score (nSPS) is 20.7. The summed E-state index contributed by atoms with van der Waals surface area (Å²) in [7, 11) is 0. The van der Waals surface area contributed by atoms with Crippen molar-refractivity contribution in [2.45, 2.75) is 43.9 Å². The van der Waals surface area contributed by atoms with Gasteiger partial charge in [0, 0.05) is 12.1 Å². The molecule has 0 aromatic carbocycles. The number of aromatic amines is 1. The monoisotopic (exact) mass is 380 g/mol. The highest BCUT2D eigenvalue weighted by Gasteiger charge is 2.38. The van der Waals surface area contributed by atoms with Gasteiger partial charge in [0.1, 0.15) is 5.52 Å². The van der Waals surface area contributed by atoms with Crippen molar-refractivity contribution in [3.05, 3.63) is 11.6 Å². The molecule has 25 heavy (non-hydrogen) atoms. The molecule has 5 N–H and O–H groups in total. The lowest BCUT2D eigenvalue weighted by Gasteiger charge is -2.27. The van der Waals surface area contributed by atoms with Crippen LogP contribution < -0.4 is 11.1 Å². The van der Waals surface area contributed by atoms with E-state index in [0.29, 0.717) is 17.5 Å². The molecule has 0 spiro atoms. The highest BCUT2D eigenvalue weighted by atomic mass is 35.5. The van der Waals surface area contributed by atoms with Gasteiger partial charge in [-0.15, -0.1) is 0 Å². The minimum atomic E-state index is -5.08. The first-order valence-electron chi connectivity index (χ1n) is 7.35. The van der Waals surface area contributed by atoms with E-state index in [2.05, 4.69) is 25.3 Å². The predicted octanol–water partition coefficient (Wildman–Crippen LogP) is 2.32. The number of hydrogen-bond donors (Lipinski definition) is 4. The van der Waals surface area contributed by atoms with Gasteiger partial charge < -0.3 is 21.1 Å². The Balaban J connectivity index is 0.000000277. The number of nitrogens with two attached hydrogens (primary N) is 1. The second-order valence-corrected chi connectivity index (χ2v) is 5.85. The van der Waals surface area contributed by atoms with Crippen LogP contribution in [-0.4, -0.2) is 49.3 Å². The smallest absolute Gasteiger partial charge is 0.475 e. The molecule has 1 fully saturated rings. The molecule has 1 aliphatic carbocycles. The average Bonchev–Trinajstić information content (AvgIpc) is 2.95. The quantitative estimate of drug-likeness (QED) is 0.588. The van der Waals surface area contributed by atoms with Crippen LogP contribution in [0.3, 0.4) is 0 Å². The van der Waals surface area contributed by atoms with E-state index in [0.717, 1.165) is 31.2 Å². The van der Waals surface area contributed by atoms with Crippen molar-refractivity contribution in [2.75, 3.05) is 5.32 Å². The van der Waals surface area contributed by atoms with E-state index in [9.17, 15) is 13.2 Å². The van der Waals surface area contributed by atoms with Crippen molar-refractivity contribution >= 4 is 34.6 Å². The first kappa shape index (κ1) is 19.2. The average molecular weight is 381 g/mol. The second-order valence-electron chi connectivity index (χ2n) is 5.51. The van der Waals surface area contributed by atoms with Gasteiger partial charge in [-0.1, -0.05) is 0 Å². The largest absolute Gasteiger partial charge is 0.490 e. The predicted molar refractivity (Wildman–Crippen MR) is 84.2 cm³/mol. The van der Waals surface area contributed by atoms with E-state index in [4.69, 9.17) is 27.2 Å². The van der Waals surface area contributed by atoms with Crippen LogP contribution in [0.1, 0.15) is 25.7 Å². The van der Waals surface area contributed by atoms with Gasteiger partial charge in [-0.25, -0.2) is 9.78 Å². The first-order chi connectivity index (χ1) is 11.7. The molecular formula is C13H16ClF3N6O2. The van der Waals surface area contributed by atoms with Gasteiger partial charge in [0.05, 0.1) is 6.33 Å². The van der Waals surface area contributed by atoms with Gasteiger partial charge in [-0.2, -0.15) is 23.1 Å². The van der Waals surface area contributed by atoms with E-state index < -0.39 is 12.1 Å². The summed E-state index contributed by atoms with van der Waals surface area (Å²) in [5.74, 6) is -2.05. The Labute approximate surface area is 145 Å². The number of nitrogens with one attached hydrogen (secondary N) is 2. The van der Waals surface area contributed by atoms with Crippen LogP contribution in [0.5, 0.6) is 0 Å². The molecule has 0 aliphatic heterocycles. The molecule has 1 aliphatic rings. The zero-order chi connectivity index (χ0) is 18.6. The minimum Gasteiger partial charge on any atom is -0.475 e. The van der Waals surface area contributed by atoms with Gasteiger partial charge in [0.2, 0.25) is 5.28 Å². The van der Waals surface area contributed by atoms with Crippen LogP contribution in [0.4, 0.5) is 19.0 Å². The number of nitrogens with zero attached hydrogens (tertiary/aromatic N) is 3. The van der Waals surface area contributed by atoms with Crippen LogP contribution >= 0.6 is 11.6 Å². The molecule has 0 amide bonds. The van der Waals surface area contributed by atoms with E-state index in [1.165, 1.54) is 0 Å². The molecule has 0 radical (unpaired) electrons. The summed E-state index contributed by atoms with van der Waals surface area (Å²) >= 11 is 5.89. The summed E-state index contributed by atoms with van der Waals surface area (Å²) in [5.41, 5.74) is 7.35. The highest BCUT2D eigenvalue weighted by Crippen LogP contribution is 2.24. The molecule has 138 valence electrons. The Morgan fingerprint density at radius 1 is 1.40 bits per heavy atom. The molecule has 8 nitrogen and oxygen atoms in total. The Morgan fingerprint density at radius 3 is 2.68 bits per heavy atom. The molecule has 2 unspecified atom stereocenters. The molecular weight excluding hydrogens is 365 g/mol. The van der Waals surface area contributed by atoms with E-state index >= 15 is 0 Å². The lowest BCUT2D eigenvalue weighted by molar-refractivity contribution is -0.192. The third-order valence-electron chi connectivity index (χ3n) is 3.56. The molecule has 2 atom stereocenters. The van der Waals surface area contributed by atoms with Crippen molar-refractivity contribution in [1.29, 1.82) is 0 Å². The van der Waals surface area contributed by atoms with Crippen molar-refractivity contribution in [3.63, 3.8) is 0 Å². The molecule has 12 heteroatoms. The summed E-state index contributed by atoms with van der Waals surface area (Å²) in [6.07, 6.45) is 0.807. The molecule has 0 bridgehead atoms. The number of carbonyl (C=O) groups is 1. The lowest BCUT2D eigenvalue weighted by Crippen LogP contribution is -2.35. The third kappa shape index (κ3) is 5.43. The van der Waals surface area contributed by atoms with Crippen molar-refractivity contribution < 1.29 is 23.1 Å². The molecule has 0 saturated heterocycles. The zero-order valence-electron chi connectivity index (χ0n) is 12.8. The summed E-state index contributed by atoms with van der Waals surface area (Å²) in [6.45, 7) is 0. The number of carboxylic acid groups (broad SMARTS) is 1. The Hall–Kier alpha value is -2.14. The first-order valence-corrected chi connectivity index (χ1v) is 7.73. The molecule has 2 heterocycles. The number of imidazole rings is 1. The number of hydrogen-bond acceptors (Lipinski definition) is 6. The summed E-state index contributed by atoms with van der Waals surface area (Å²) in [6, 6.07) is 0.608. The Bertz CT molecular complexity index is 738. The van der Waals surface area contributed by atoms with Crippen molar-refractivity contribution in [3.8, 4) is 0 Å². The van der Waals surface area contributed by atoms with Crippen LogP contribution in [0, 0.1) is 0 Å². The number of H-pyrrole nitrogens is 1. The van der Waals surface area contributed by atoms with Crippen LogP contribution in [0.15, 0.2) is 6.33 Å². The van der Waals surface area contributed by atoms with Gasteiger partial charge in [-0.05, 0) is 37.3 Å². The van der Waals surface area contributed by atoms with Gasteiger partial charge in [0.15, 0.2) is 11.5 Å². The number of fused-ring (bicyclic) bond motifs is 1. The fraction of sp³-hybridized carbons (Fsp3) is 0.538. The van der Waals surface area contributed by atoms with Crippen LogP contribution in [0.2, 0.25) is 5.28 Å². The maximum absolute atomic E-state index is 10.6. The van der Waals surface area contributed by atoms with Gasteiger partial charge in [-0.3, -0.25) is 0 Å². The second kappa shape index (κ2) is 7.83. The molecule has 3 rings (SSSR count). The number of alkyl halides is 3. The maximum Gasteiger partial charge on any atom is 0.490 e. The SMILES string of the molecule is NC1CCCC(Nc2nc(Cl)nc3nc[nH]c23)C1.O=C(O)C(F)(F)F. The summed E-state index contributed by atoms with van der Waals surface area (Å²) < 4.78 is 31.7. The Kier molecular flexibility index (Phi) is 6.01. The van der Waals surface area contributed by atoms with Gasteiger partial charge >= 0.3 is 12.1 Å². The molecule has 1 saturated carbocycles. The highest BCUT2D eigenvalue weighted by molar-refractivity contribution is 6.28. The fourth-order valence-corrected chi connectivity index (χ4v) is 2.63.